The van der Waals surface area contributed by atoms with Gasteiger partial charge in [-0.3, -0.25) is 4.79 Å². The highest BCUT2D eigenvalue weighted by Gasteiger charge is 2.22. The highest BCUT2D eigenvalue weighted by Crippen LogP contribution is 2.37. The Bertz CT molecular complexity index is 1100. The number of aryl methyl sites for hydroxylation is 1. The predicted octanol–water partition coefficient (Wildman–Crippen LogP) is 5.29. The van der Waals surface area contributed by atoms with Crippen molar-refractivity contribution in [3.63, 3.8) is 0 Å². The number of rotatable bonds is 5. The molecule has 29 heavy (non-hydrogen) atoms. The lowest BCUT2D eigenvalue weighted by Gasteiger charge is -2.09. The predicted molar refractivity (Wildman–Crippen MR) is 113 cm³/mol. The summed E-state index contributed by atoms with van der Waals surface area (Å²) in [4.78, 5) is 13.8. The van der Waals surface area contributed by atoms with Crippen molar-refractivity contribution < 1.29 is 9.53 Å². The molecule has 0 unspecified atom stereocenters. The molecule has 0 aliphatic heterocycles. The Morgan fingerprint density at radius 1 is 1.28 bits per heavy atom. The maximum absolute atomic E-state index is 12.6. The molecule has 4 rings (SSSR count). The number of amides is 1. The van der Waals surface area contributed by atoms with Crippen molar-refractivity contribution in [2.75, 3.05) is 5.32 Å². The number of halogens is 2. The number of nitrogens with zero attached hydrogens (tertiary/aromatic N) is 3. The normalized spacial score (nSPS) is 12.9. The molecule has 1 amide bonds. The van der Waals surface area contributed by atoms with Crippen LogP contribution in [0.25, 0.3) is 0 Å². The van der Waals surface area contributed by atoms with Gasteiger partial charge in [0.2, 0.25) is 0 Å². The van der Waals surface area contributed by atoms with Crippen molar-refractivity contribution >= 4 is 45.4 Å². The summed E-state index contributed by atoms with van der Waals surface area (Å²) in [6.07, 6.45) is 5.67. The summed E-state index contributed by atoms with van der Waals surface area (Å²) in [7, 11) is 0. The van der Waals surface area contributed by atoms with Gasteiger partial charge in [-0.15, -0.1) is 11.3 Å². The summed E-state index contributed by atoms with van der Waals surface area (Å²) >= 11 is 13.7. The first-order chi connectivity index (χ1) is 14.1. The number of nitriles is 1. The lowest BCUT2D eigenvalue weighted by atomic mass is 9.96. The number of aromatic nitrogens is 2. The molecule has 0 bridgehead atoms. The fourth-order valence-electron chi connectivity index (χ4n) is 3.25. The van der Waals surface area contributed by atoms with Gasteiger partial charge in [0.15, 0.2) is 18.2 Å². The largest absolute Gasteiger partial charge is 0.468 e. The number of carbonyl (C=O) groups excluding carboxylic acids is 1. The Morgan fingerprint density at radius 2 is 2.03 bits per heavy atom. The van der Waals surface area contributed by atoms with Crippen molar-refractivity contribution in [1.29, 1.82) is 5.26 Å². The molecule has 1 aliphatic rings. The van der Waals surface area contributed by atoms with Crippen LogP contribution < -0.4 is 10.1 Å². The molecule has 2 heterocycles. The molecule has 0 radical (unpaired) electrons. The van der Waals surface area contributed by atoms with Gasteiger partial charge < -0.3 is 10.1 Å². The van der Waals surface area contributed by atoms with Gasteiger partial charge in [-0.05, 0) is 49.4 Å². The van der Waals surface area contributed by atoms with Crippen LogP contribution in [0.2, 0.25) is 10.0 Å². The molecule has 0 atom stereocenters. The Hall–Kier alpha value is -2.53. The second-order valence-corrected chi connectivity index (χ2v) is 8.47. The molecule has 1 N–H and O–H groups in total. The number of thiophene rings is 1. The molecule has 6 nitrogen and oxygen atoms in total. The van der Waals surface area contributed by atoms with E-state index >= 15 is 0 Å². The number of benzene rings is 1. The summed E-state index contributed by atoms with van der Waals surface area (Å²) in [5, 5.41) is 18.0. The fourth-order valence-corrected chi connectivity index (χ4v) is 4.99. The minimum atomic E-state index is -0.366. The first-order valence-electron chi connectivity index (χ1n) is 9.03. The second kappa shape index (κ2) is 8.46. The number of fused-ring (bicyclic) bond motifs is 1. The molecular weight excluding hydrogens is 431 g/mol. The van der Waals surface area contributed by atoms with Crippen LogP contribution in [-0.2, 0) is 19.6 Å². The van der Waals surface area contributed by atoms with E-state index in [1.807, 2.05) is 0 Å². The van der Waals surface area contributed by atoms with E-state index in [4.69, 9.17) is 27.9 Å². The van der Waals surface area contributed by atoms with E-state index < -0.39 is 0 Å². The van der Waals surface area contributed by atoms with Crippen LogP contribution >= 0.6 is 34.5 Å². The number of hydrogen-bond acceptors (Lipinski definition) is 5. The van der Waals surface area contributed by atoms with Crippen molar-refractivity contribution in [2.24, 2.45) is 0 Å². The second-order valence-electron chi connectivity index (χ2n) is 6.55. The van der Waals surface area contributed by atoms with Crippen LogP contribution in [0.1, 0.15) is 39.3 Å². The monoisotopic (exact) mass is 446 g/mol. The van der Waals surface area contributed by atoms with E-state index in [-0.39, 0.29) is 18.3 Å². The molecular formula is C20H16Cl2N4O2S. The van der Waals surface area contributed by atoms with Gasteiger partial charge in [-0.25, -0.2) is 4.68 Å². The third kappa shape index (κ3) is 4.10. The van der Waals surface area contributed by atoms with Gasteiger partial charge in [0.25, 0.3) is 5.91 Å². The highest BCUT2D eigenvalue weighted by atomic mass is 35.5. The number of anilines is 1. The highest BCUT2D eigenvalue weighted by molar-refractivity contribution is 7.16. The first kappa shape index (κ1) is 19.8. The lowest BCUT2D eigenvalue weighted by molar-refractivity contribution is 0.102. The zero-order valence-corrected chi connectivity index (χ0v) is 17.6. The Kier molecular flexibility index (Phi) is 5.76. The standard InChI is InChI=1S/C20H16Cl2N4O2S/c21-14-5-3-6-15(22)18(14)28-11-26-9-8-16(25-26)19(27)24-20-13(10-23)12-4-1-2-7-17(12)29-20/h3,5-6,8-9H,1-2,4,7,11H2,(H,24,27). The average Bonchev–Trinajstić information content (AvgIpc) is 3.31. The molecule has 0 fully saturated rings. The molecule has 148 valence electrons. The zero-order chi connectivity index (χ0) is 20.4. The molecule has 2 aromatic heterocycles. The maximum atomic E-state index is 12.6. The van der Waals surface area contributed by atoms with Crippen LogP contribution in [0.15, 0.2) is 30.5 Å². The quantitative estimate of drug-likeness (QED) is 0.576. The lowest BCUT2D eigenvalue weighted by Crippen LogP contribution is -2.14. The van der Waals surface area contributed by atoms with Crippen LogP contribution in [0.4, 0.5) is 5.00 Å². The van der Waals surface area contributed by atoms with Crippen molar-refractivity contribution in [2.45, 2.75) is 32.4 Å². The third-order valence-corrected chi connectivity index (χ3v) is 6.45. The van der Waals surface area contributed by atoms with Gasteiger partial charge >= 0.3 is 0 Å². The van der Waals surface area contributed by atoms with E-state index in [1.54, 1.807) is 30.5 Å². The van der Waals surface area contributed by atoms with E-state index in [0.717, 1.165) is 31.2 Å². The van der Waals surface area contributed by atoms with Crippen molar-refractivity contribution in [3.05, 3.63) is 62.2 Å². The Balaban J connectivity index is 1.45. The molecule has 9 heteroatoms. The molecule has 1 aromatic carbocycles. The molecule has 1 aliphatic carbocycles. The Labute approximate surface area is 181 Å². The van der Waals surface area contributed by atoms with Crippen molar-refractivity contribution in [1.82, 2.24) is 9.78 Å². The molecule has 3 aromatic rings. The average molecular weight is 447 g/mol. The maximum Gasteiger partial charge on any atom is 0.276 e. The minimum absolute atomic E-state index is 0.0491. The number of nitrogens with one attached hydrogen (secondary N) is 1. The smallest absolute Gasteiger partial charge is 0.276 e. The van der Waals surface area contributed by atoms with Gasteiger partial charge in [0.1, 0.15) is 11.1 Å². The van der Waals surface area contributed by atoms with Crippen LogP contribution in [0, 0.1) is 11.3 Å². The van der Waals surface area contributed by atoms with Crippen LogP contribution in [-0.4, -0.2) is 15.7 Å². The summed E-state index contributed by atoms with van der Waals surface area (Å²) < 4.78 is 7.09. The molecule has 0 spiro atoms. The topological polar surface area (TPSA) is 79.9 Å². The molecule has 0 saturated carbocycles. The van der Waals surface area contributed by atoms with E-state index in [1.165, 1.54) is 20.9 Å². The van der Waals surface area contributed by atoms with Crippen molar-refractivity contribution in [3.8, 4) is 11.8 Å². The summed E-state index contributed by atoms with van der Waals surface area (Å²) in [6.45, 7) is 0.0491. The first-order valence-corrected chi connectivity index (χ1v) is 10.6. The number of hydrogen-bond donors (Lipinski definition) is 1. The summed E-state index contributed by atoms with van der Waals surface area (Å²) in [5.41, 5.74) is 1.89. The van der Waals surface area contributed by atoms with Gasteiger partial charge in [-0.1, -0.05) is 29.3 Å². The van der Waals surface area contributed by atoms with Gasteiger partial charge in [0, 0.05) is 11.1 Å². The van der Waals surface area contributed by atoms with E-state index in [2.05, 4.69) is 16.5 Å². The number of ether oxygens (including phenoxy) is 1. The summed E-state index contributed by atoms with van der Waals surface area (Å²) in [6, 6.07) is 8.91. The van der Waals surface area contributed by atoms with Crippen LogP contribution in [0.3, 0.4) is 0 Å². The summed E-state index contributed by atoms with van der Waals surface area (Å²) in [5.74, 6) is -0.00483. The zero-order valence-electron chi connectivity index (χ0n) is 15.2. The van der Waals surface area contributed by atoms with E-state index in [9.17, 15) is 10.1 Å². The number of carbonyl (C=O) groups is 1. The van der Waals surface area contributed by atoms with Gasteiger partial charge in [-0.2, -0.15) is 10.4 Å². The fraction of sp³-hybridized carbons (Fsp3) is 0.250. The third-order valence-electron chi connectivity index (χ3n) is 4.64. The molecule has 0 saturated heterocycles. The number of para-hydroxylation sites is 1. The van der Waals surface area contributed by atoms with E-state index in [0.29, 0.717) is 26.4 Å². The Morgan fingerprint density at radius 3 is 2.79 bits per heavy atom. The van der Waals surface area contributed by atoms with Gasteiger partial charge in [0.05, 0.1) is 15.6 Å². The minimum Gasteiger partial charge on any atom is -0.468 e. The van der Waals surface area contributed by atoms with Crippen LogP contribution in [0.5, 0.6) is 5.75 Å². The SMILES string of the molecule is N#Cc1c(NC(=O)c2ccn(COc3c(Cl)cccc3Cl)n2)sc2c1CCCC2.